The number of hydrogen-bond donors (Lipinski definition) is 0. The molecule has 0 saturated heterocycles. The summed E-state index contributed by atoms with van der Waals surface area (Å²) in [5.74, 6) is 0.244. The molecule has 1 rings (SSSR count). The average Bonchev–Trinajstić information content (AvgIpc) is 2.61. The Morgan fingerprint density at radius 2 is 2.40 bits per heavy atom. The smallest absolute Gasteiger partial charge is 0.135 e. The molecule has 0 aliphatic rings. The number of methoxy groups -OCH3 is 1. The summed E-state index contributed by atoms with van der Waals surface area (Å²) in [6, 6.07) is 0. The van der Waals surface area contributed by atoms with Crippen LogP contribution in [0.15, 0.2) is 12.4 Å². The first-order valence-electron chi connectivity index (χ1n) is 5.14. The molecule has 0 N–H and O–H groups in total. The number of aryl methyl sites for hydroxylation is 2. The predicted molar refractivity (Wildman–Crippen MR) is 57.6 cm³/mol. The summed E-state index contributed by atoms with van der Waals surface area (Å²) in [6.07, 6.45) is 5.59. The Morgan fingerprint density at radius 3 is 2.93 bits per heavy atom. The monoisotopic (exact) mass is 210 g/mol. The Hall–Kier alpha value is -1.16. The lowest BCUT2D eigenvalue weighted by molar-refractivity contribution is -0.121. The molecule has 0 aliphatic heterocycles. The zero-order valence-corrected chi connectivity index (χ0v) is 9.56. The van der Waals surface area contributed by atoms with E-state index in [1.54, 1.807) is 18.0 Å². The maximum absolute atomic E-state index is 11.5. The van der Waals surface area contributed by atoms with Crippen molar-refractivity contribution in [1.82, 2.24) is 9.78 Å². The molecular weight excluding hydrogens is 192 g/mol. The second-order valence-electron chi connectivity index (χ2n) is 3.81. The van der Waals surface area contributed by atoms with Gasteiger partial charge in [0.1, 0.15) is 5.78 Å². The molecule has 1 heterocycles. The Kier molecular flexibility index (Phi) is 4.49. The highest BCUT2D eigenvalue weighted by Gasteiger charge is 2.08. The second kappa shape index (κ2) is 5.66. The molecule has 0 amide bonds. The molecule has 84 valence electrons. The lowest BCUT2D eigenvalue weighted by Gasteiger charge is -2.07. The number of aromatic nitrogens is 2. The Morgan fingerprint density at radius 1 is 1.67 bits per heavy atom. The lowest BCUT2D eigenvalue weighted by Crippen LogP contribution is -2.12. The summed E-state index contributed by atoms with van der Waals surface area (Å²) in [5.41, 5.74) is 1.11. The molecule has 1 aromatic rings. The highest BCUT2D eigenvalue weighted by Crippen LogP contribution is 2.05. The summed E-state index contributed by atoms with van der Waals surface area (Å²) in [5, 5.41) is 4.05. The van der Waals surface area contributed by atoms with Crippen molar-refractivity contribution in [2.24, 2.45) is 7.05 Å². The molecule has 0 spiro atoms. The van der Waals surface area contributed by atoms with Gasteiger partial charge in [-0.25, -0.2) is 0 Å². The molecule has 0 bridgehead atoms. The third-order valence-corrected chi connectivity index (χ3v) is 2.37. The van der Waals surface area contributed by atoms with E-state index in [1.165, 1.54) is 0 Å². The largest absolute Gasteiger partial charge is 0.381 e. The highest BCUT2D eigenvalue weighted by atomic mass is 16.5. The van der Waals surface area contributed by atoms with Crippen molar-refractivity contribution in [3.63, 3.8) is 0 Å². The summed E-state index contributed by atoms with van der Waals surface area (Å²) in [6.45, 7) is 1.90. The minimum absolute atomic E-state index is 0.0198. The van der Waals surface area contributed by atoms with Gasteiger partial charge in [-0.1, -0.05) is 0 Å². The van der Waals surface area contributed by atoms with Crippen LogP contribution in [0.2, 0.25) is 0 Å². The van der Waals surface area contributed by atoms with Crippen LogP contribution >= 0.6 is 0 Å². The molecule has 1 unspecified atom stereocenters. The summed E-state index contributed by atoms with van der Waals surface area (Å²) in [7, 11) is 3.50. The number of ether oxygens (including phenoxy) is 1. The maximum Gasteiger partial charge on any atom is 0.135 e. The quantitative estimate of drug-likeness (QED) is 0.711. The molecule has 0 radical (unpaired) electrons. The van der Waals surface area contributed by atoms with E-state index >= 15 is 0 Å². The topological polar surface area (TPSA) is 44.1 Å². The second-order valence-corrected chi connectivity index (χ2v) is 3.81. The molecule has 1 aromatic heterocycles. The van der Waals surface area contributed by atoms with Crippen molar-refractivity contribution in [3.8, 4) is 0 Å². The number of hydrogen-bond acceptors (Lipinski definition) is 3. The van der Waals surface area contributed by atoms with Crippen LogP contribution < -0.4 is 0 Å². The van der Waals surface area contributed by atoms with Crippen molar-refractivity contribution < 1.29 is 9.53 Å². The van der Waals surface area contributed by atoms with Crippen LogP contribution in [0.4, 0.5) is 0 Å². The molecule has 0 saturated carbocycles. The maximum atomic E-state index is 11.5. The number of ketones is 1. The fourth-order valence-electron chi connectivity index (χ4n) is 1.39. The van der Waals surface area contributed by atoms with Crippen LogP contribution in [0.5, 0.6) is 0 Å². The molecular formula is C11H18N2O2. The third-order valence-electron chi connectivity index (χ3n) is 2.37. The van der Waals surface area contributed by atoms with E-state index in [9.17, 15) is 4.79 Å². The number of Topliss-reactive ketones (excluding diaryl/α,β-unsaturated/α-hetero) is 1. The van der Waals surface area contributed by atoms with Gasteiger partial charge in [-0.15, -0.1) is 0 Å². The van der Waals surface area contributed by atoms with E-state index in [4.69, 9.17) is 4.74 Å². The van der Waals surface area contributed by atoms with Gasteiger partial charge in [-0.05, 0) is 18.9 Å². The van der Waals surface area contributed by atoms with Gasteiger partial charge in [-0.3, -0.25) is 9.48 Å². The lowest BCUT2D eigenvalue weighted by atomic mass is 10.1. The van der Waals surface area contributed by atoms with Gasteiger partial charge < -0.3 is 4.74 Å². The number of carbonyl (C=O) groups is 1. The van der Waals surface area contributed by atoms with Crippen LogP contribution in [0.3, 0.4) is 0 Å². The van der Waals surface area contributed by atoms with E-state index in [2.05, 4.69) is 5.10 Å². The fraction of sp³-hybridized carbons (Fsp3) is 0.636. The van der Waals surface area contributed by atoms with Crippen molar-refractivity contribution in [1.29, 1.82) is 0 Å². The minimum Gasteiger partial charge on any atom is -0.381 e. The first-order chi connectivity index (χ1) is 7.11. The highest BCUT2D eigenvalue weighted by molar-refractivity contribution is 5.79. The number of rotatable bonds is 6. The van der Waals surface area contributed by atoms with Crippen LogP contribution in [0, 0.1) is 0 Å². The summed E-state index contributed by atoms with van der Waals surface area (Å²) >= 11 is 0. The molecule has 0 aliphatic carbocycles. The van der Waals surface area contributed by atoms with Crippen LogP contribution in [-0.2, 0) is 23.0 Å². The first kappa shape index (κ1) is 11.9. The molecule has 0 aromatic carbocycles. The van der Waals surface area contributed by atoms with Gasteiger partial charge in [0, 0.05) is 33.2 Å². The van der Waals surface area contributed by atoms with Crippen molar-refractivity contribution in [2.45, 2.75) is 32.3 Å². The van der Waals surface area contributed by atoms with Gasteiger partial charge in [0.15, 0.2) is 0 Å². The zero-order valence-electron chi connectivity index (χ0n) is 9.56. The Balaban J connectivity index is 2.28. The summed E-state index contributed by atoms with van der Waals surface area (Å²) in [4.78, 5) is 11.5. The van der Waals surface area contributed by atoms with Crippen molar-refractivity contribution in [3.05, 3.63) is 18.0 Å². The molecule has 1 atom stereocenters. The van der Waals surface area contributed by atoms with Gasteiger partial charge in [0.2, 0.25) is 0 Å². The fourth-order valence-corrected chi connectivity index (χ4v) is 1.39. The van der Waals surface area contributed by atoms with Gasteiger partial charge in [0.05, 0.1) is 12.3 Å². The Labute approximate surface area is 90.2 Å². The van der Waals surface area contributed by atoms with E-state index in [1.807, 2.05) is 20.2 Å². The van der Waals surface area contributed by atoms with Crippen LogP contribution in [-0.4, -0.2) is 28.8 Å². The van der Waals surface area contributed by atoms with Gasteiger partial charge in [0.25, 0.3) is 0 Å². The summed E-state index contributed by atoms with van der Waals surface area (Å²) < 4.78 is 6.79. The molecule has 4 heteroatoms. The number of carbonyl (C=O) groups excluding carboxylic acids is 1. The van der Waals surface area contributed by atoms with E-state index in [-0.39, 0.29) is 11.9 Å². The predicted octanol–water partition coefficient (Wildman–Crippen LogP) is 1.35. The van der Waals surface area contributed by atoms with Crippen molar-refractivity contribution in [2.75, 3.05) is 7.11 Å². The SMILES string of the molecule is COC(C)CC(=O)CCc1cnn(C)c1. The van der Waals surface area contributed by atoms with Gasteiger partial charge in [-0.2, -0.15) is 5.10 Å². The minimum atomic E-state index is 0.0198. The zero-order chi connectivity index (χ0) is 11.3. The van der Waals surface area contributed by atoms with E-state index in [0.717, 1.165) is 12.0 Å². The number of nitrogens with zero attached hydrogens (tertiary/aromatic N) is 2. The van der Waals surface area contributed by atoms with E-state index < -0.39 is 0 Å². The molecule has 0 fully saturated rings. The van der Waals surface area contributed by atoms with Crippen LogP contribution in [0.1, 0.15) is 25.3 Å². The van der Waals surface area contributed by atoms with E-state index in [0.29, 0.717) is 12.8 Å². The normalized spacial score (nSPS) is 12.7. The molecule has 15 heavy (non-hydrogen) atoms. The standard InChI is InChI=1S/C11H18N2O2/c1-9(15-3)6-11(14)5-4-10-7-12-13(2)8-10/h7-9H,4-6H2,1-3H3. The molecule has 4 nitrogen and oxygen atoms in total. The third kappa shape index (κ3) is 4.25. The first-order valence-corrected chi connectivity index (χ1v) is 5.14. The van der Waals surface area contributed by atoms with Crippen LogP contribution in [0.25, 0.3) is 0 Å². The Bertz CT molecular complexity index is 320. The van der Waals surface area contributed by atoms with Gasteiger partial charge >= 0.3 is 0 Å². The average molecular weight is 210 g/mol. The van der Waals surface area contributed by atoms with Crippen molar-refractivity contribution >= 4 is 5.78 Å².